The molecule has 3 N–H and O–H groups in total. The van der Waals surface area contributed by atoms with Gasteiger partial charge in [0.1, 0.15) is 11.8 Å². The Morgan fingerprint density at radius 3 is 2.52 bits per heavy atom. The lowest BCUT2D eigenvalue weighted by Crippen LogP contribution is -2.34. The number of esters is 1. The lowest BCUT2D eigenvalue weighted by molar-refractivity contribution is -0.144. The Morgan fingerprint density at radius 1 is 1.19 bits per heavy atom. The molecule has 2 aromatic carbocycles. The van der Waals surface area contributed by atoms with Gasteiger partial charge in [0.25, 0.3) is 0 Å². The summed E-state index contributed by atoms with van der Waals surface area (Å²) < 4.78 is 4.91. The van der Waals surface area contributed by atoms with Gasteiger partial charge < -0.3 is 15.6 Å². The van der Waals surface area contributed by atoms with E-state index in [1.165, 1.54) is 0 Å². The number of phenols is 1. The van der Waals surface area contributed by atoms with Crippen LogP contribution in [-0.4, -0.2) is 23.7 Å². The van der Waals surface area contributed by atoms with Crippen LogP contribution in [0.15, 0.2) is 48.5 Å². The molecule has 21 heavy (non-hydrogen) atoms. The standard InChI is InChI=1S/C17H19NO3/c1-2-21-17(20)16(18)10-12-5-3-6-13(9-12)14-7-4-8-15(19)11-14/h3-9,11,16,19H,2,10,18H2,1H3/t16-/m0/s1. The van der Waals surface area contributed by atoms with Crippen LogP contribution in [-0.2, 0) is 16.0 Å². The maximum Gasteiger partial charge on any atom is 0.323 e. The highest BCUT2D eigenvalue weighted by atomic mass is 16.5. The van der Waals surface area contributed by atoms with Gasteiger partial charge >= 0.3 is 5.97 Å². The highest BCUT2D eigenvalue weighted by molar-refractivity contribution is 5.76. The molecule has 0 saturated heterocycles. The molecule has 110 valence electrons. The zero-order chi connectivity index (χ0) is 15.2. The predicted octanol–water partition coefficient (Wildman–Crippen LogP) is 2.49. The normalized spacial score (nSPS) is 11.9. The van der Waals surface area contributed by atoms with Gasteiger partial charge in [-0.25, -0.2) is 0 Å². The molecule has 0 unspecified atom stereocenters. The number of hydrogen-bond acceptors (Lipinski definition) is 4. The molecule has 2 rings (SSSR count). The third-order valence-electron chi connectivity index (χ3n) is 3.15. The quantitative estimate of drug-likeness (QED) is 0.828. The molecule has 0 aromatic heterocycles. The van der Waals surface area contributed by atoms with Crippen molar-refractivity contribution < 1.29 is 14.6 Å². The molecule has 0 aliphatic carbocycles. The van der Waals surface area contributed by atoms with Crippen molar-refractivity contribution in [2.45, 2.75) is 19.4 Å². The lowest BCUT2D eigenvalue weighted by atomic mass is 9.99. The van der Waals surface area contributed by atoms with Crippen molar-refractivity contribution in [2.75, 3.05) is 6.61 Å². The molecule has 1 atom stereocenters. The molecule has 4 heteroatoms. The minimum atomic E-state index is -0.663. The third-order valence-corrected chi connectivity index (χ3v) is 3.15. The van der Waals surface area contributed by atoms with Gasteiger partial charge in [0, 0.05) is 0 Å². The van der Waals surface area contributed by atoms with E-state index in [4.69, 9.17) is 10.5 Å². The van der Waals surface area contributed by atoms with Crippen molar-refractivity contribution in [3.05, 3.63) is 54.1 Å². The topological polar surface area (TPSA) is 72.5 Å². The minimum absolute atomic E-state index is 0.223. The molecule has 0 bridgehead atoms. The van der Waals surface area contributed by atoms with Crippen molar-refractivity contribution in [1.82, 2.24) is 0 Å². The lowest BCUT2D eigenvalue weighted by Gasteiger charge is -2.11. The fourth-order valence-corrected chi connectivity index (χ4v) is 2.15. The molecule has 0 fully saturated rings. The van der Waals surface area contributed by atoms with Crippen LogP contribution in [0.25, 0.3) is 11.1 Å². The van der Waals surface area contributed by atoms with Crippen LogP contribution in [0, 0.1) is 0 Å². The fraction of sp³-hybridized carbons (Fsp3) is 0.235. The Morgan fingerprint density at radius 2 is 1.86 bits per heavy atom. The highest BCUT2D eigenvalue weighted by Gasteiger charge is 2.15. The maximum atomic E-state index is 11.6. The number of nitrogens with two attached hydrogens (primary N) is 1. The van der Waals surface area contributed by atoms with Crippen molar-refractivity contribution in [1.29, 1.82) is 0 Å². The summed E-state index contributed by atoms with van der Waals surface area (Å²) in [5.74, 6) is -0.165. The van der Waals surface area contributed by atoms with E-state index in [-0.39, 0.29) is 11.7 Å². The van der Waals surface area contributed by atoms with Crippen LogP contribution in [0.4, 0.5) is 0 Å². The molecular formula is C17H19NO3. The molecule has 4 nitrogen and oxygen atoms in total. The average Bonchev–Trinajstić information content (AvgIpc) is 2.48. The number of aromatic hydroxyl groups is 1. The fourth-order valence-electron chi connectivity index (χ4n) is 2.15. The predicted molar refractivity (Wildman–Crippen MR) is 81.9 cm³/mol. The number of rotatable bonds is 5. The number of hydrogen-bond donors (Lipinski definition) is 2. The van der Waals surface area contributed by atoms with E-state index in [9.17, 15) is 9.90 Å². The summed E-state index contributed by atoms with van der Waals surface area (Å²) in [6.07, 6.45) is 0.422. The highest BCUT2D eigenvalue weighted by Crippen LogP contribution is 2.24. The number of carbonyl (C=O) groups excluding carboxylic acids is 1. The van der Waals surface area contributed by atoms with E-state index >= 15 is 0 Å². The van der Waals surface area contributed by atoms with Gasteiger partial charge in [-0.2, -0.15) is 0 Å². The summed E-state index contributed by atoms with van der Waals surface area (Å²) >= 11 is 0. The van der Waals surface area contributed by atoms with Crippen LogP contribution >= 0.6 is 0 Å². The second-order valence-corrected chi connectivity index (χ2v) is 4.81. The molecule has 0 saturated carbocycles. The van der Waals surface area contributed by atoms with Crippen LogP contribution in [0.3, 0.4) is 0 Å². The largest absolute Gasteiger partial charge is 0.508 e. The summed E-state index contributed by atoms with van der Waals surface area (Å²) in [5, 5.41) is 9.54. The second kappa shape index (κ2) is 6.90. The van der Waals surface area contributed by atoms with Crippen molar-refractivity contribution in [3.63, 3.8) is 0 Å². The summed E-state index contributed by atoms with van der Waals surface area (Å²) in [5.41, 5.74) is 8.68. The first-order chi connectivity index (χ1) is 10.1. The van der Waals surface area contributed by atoms with Gasteiger partial charge in [-0.05, 0) is 42.2 Å². The second-order valence-electron chi connectivity index (χ2n) is 4.81. The number of carbonyl (C=O) groups is 1. The van der Waals surface area contributed by atoms with Gasteiger partial charge in [0.05, 0.1) is 6.61 Å². The SMILES string of the molecule is CCOC(=O)[C@@H](N)Cc1cccc(-c2cccc(O)c2)c1. The van der Waals surface area contributed by atoms with E-state index in [1.54, 1.807) is 25.1 Å². The van der Waals surface area contributed by atoms with E-state index in [2.05, 4.69) is 0 Å². The molecule has 0 amide bonds. The maximum absolute atomic E-state index is 11.6. The van der Waals surface area contributed by atoms with Gasteiger partial charge in [-0.1, -0.05) is 36.4 Å². The zero-order valence-electron chi connectivity index (χ0n) is 12.0. The van der Waals surface area contributed by atoms with Gasteiger partial charge in [0.15, 0.2) is 0 Å². The van der Waals surface area contributed by atoms with E-state index in [1.807, 2.05) is 30.3 Å². The average molecular weight is 285 g/mol. The molecule has 0 heterocycles. The Labute approximate surface area is 124 Å². The molecule has 0 spiro atoms. The first-order valence-electron chi connectivity index (χ1n) is 6.90. The van der Waals surface area contributed by atoms with Crippen LogP contribution in [0.1, 0.15) is 12.5 Å². The summed E-state index contributed by atoms with van der Waals surface area (Å²) in [6.45, 7) is 2.09. The summed E-state index contributed by atoms with van der Waals surface area (Å²) in [6, 6.07) is 14.1. The smallest absolute Gasteiger partial charge is 0.323 e. The van der Waals surface area contributed by atoms with E-state index < -0.39 is 6.04 Å². The van der Waals surface area contributed by atoms with Gasteiger partial charge in [0.2, 0.25) is 0 Å². The number of phenolic OH excluding ortho intramolecular Hbond substituents is 1. The van der Waals surface area contributed by atoms with Crippen LogP contribution in [0.2, 0.25) is 0 Å². The first kappa shape index (κ1) is 15.1. The van der Waals surface area contributed by atoms with Crippen LogP contribution in [0.5, 0.6) is 5.75 Å². The van der Waals surface area contributed by atoms with Crippen molar-refractivity contribution in [3.8, 4) is 16.9 Å². The molecule has 0 aliphatic heterocycles. The zero-order valence-corrected chi connectivity index (χ0v) is 12.0. The van der Waals surface area contributed by atoms with E-state index in [0.717, 1.165) is 16.7 Å². The Hall–Kier alpha value is -2.33. The van der Waals surface area contributed by atoms with Crippen molar-refractivity contribution in [2.24, 2.45) is 5.73 Å². The Kier molecular flexibility index (Phi) is 4.95. The van der Waals surface area contributed by atoms with E-state index in [0.29, 0.717) is 13.0 Å². The summed E-state index contributed by atoms with van der Waals surface area (Å²) in [4.78, 5) is 11.6. The minimum Gasteiger partial charge on any atom is -0.508 e. The van der Waals surface area contributed by atoms with Crippen molar-refractivity contribution >= 4 is 5.97 Å². The van der Waals surface area contributed by atoms with Gasteiger partial charge in [-0.15, -0.1) is 0 Å². The molecule has 0 aliphatic rings. The van der Waals surface area contributed by atoms with Gasteiger partial charge in [-0.3, -0.25) is 4.79 Å². The summed E-state index contributed by atoms with van der Waals surface area (Å²) in [7, 11) is 0. The monoisotopic (exact) mass is 285 g/mol. The molecule has 0 radical (unpaired) electrons. The number of ether oxygens (including phenoxy) is 1. The number of benzene rings is 2. The van der Waals surface area contributed by atoms with Crippen LogP contribution < -0.4 is 5.73 Å². The molecule has 2 aromatic rings. The Bertz CT molecular complexity index is 625. The Balaban J connectivity index is 2.16. The third kappa shape index (κ3) is 4.07. The first-order valence-corrected chi connectivity index (χ1v) is 6.90. The molecular weight excluding hydrogens is 266 g/mol.